The number of allylic oxidation sites excluding steroid dienone is 6. The monoisotopic (exact) mass is 468 g/mol. The maximum absolute atomic E-state index is 7.00. The highest BCUT2D eigenvalue weighted by Crippen LogP contribution is 2.22. The quantitative estimate of drug-likeness (QED) is 0.291. The molecule has 6 nitrogen and oxygen atoms in total. The molecule has 0 bridgehead atoms. The van der Waals surface area contributed by atoms with Gasteiger partial charge in [-0.3, -0.25) is 0 Å². The number of aromatic nitrogens is 3. The summed E-state index contributed by atoms with van der Waals surface area (Å²) >= 11 is 6.49. The van der Waals surface area contributed by atoms with Gasteiger partial charge >= 0.3 is 0 Å². The Bertz CT molecular complexity index is 1010. The van der Waals surface area contributed by atoms with E-state index >= 15 is 0 Å². The Balaban J connectivity index is 0.00000187. The van der Waals surface area contributed by atoms with E-state index in [0.29, 0.717) is 13.2 Å². The number of aliphatic hydroxyl groups is 1. The lowest BCUT2D eigenvalue weighted by Crippen LogP contribution is -1.99. The van der Waals surface area contributed by atoms with E-state index in [-0.39, 0.29) is 0 Å². The molecule has 1 aliphatic rings. The zero-order valence-electron chi connectivity index (χ0n) is 19.4. The Kier molecular flexibility index (Phi) is 12.0. The zero-order valence-corrected chi connectivity index (χ0v) is 20.1. The van der Waals surface area contributed by atoms with Gasteiger partial charge in [-0.05, 0) is 48.7 Å². The summed E-state index contributed by atoms with van der Waals surface area (Å²) < 4.78 is 5.79. The molecule has 0 saturated carbocycles. The Morgan fingerprint density at radius 2 is 2.21 bits per heavy atom. The molecule has 0 aromatic carbocycles. The van der Waals surface area contributed by atoms with Crippen LogP contribution in [0.2, 0.25) is 0 Å². The van der Waals surface area contributed by atoms with Gasteiger partial charge in [0.1, 0.15) is 18.2 Å². The number of aryl methyl sites for hydroxylation is 1. The standard InChI is InChI=1S/C25H29ClN4O.CH4O/c1-3-21(26)19(14-15-20-10-8-16-28-25(20)27-4-2)11-9-17-31-18-24-29-22-12-6-5-7-13-23(22)30-24;1-2/h4-12,16H,2-3,13-15,17-18H2,1H3,(H,27,28)(H,29,30);2H,1H3/b11-9-,21-19-;. The molecule has 176 valence electrons. The molecular weight excluding hydrogens is 436 g/mol. The summed E-state index contributed by atoms with van der Waals surface area (Å²) in [4.78, 5) is 12.3. The number of H-pyrrole nitrogens is 1. The van der Waals surface area contributed by atoms with E-state index in [0.717, 1.165) is 72.0 Å². The van der Waals surface area contributed by atoms with Crippen LogP contribution in [0.15, 0.2) is 72.1 Å². The van der Waals surface area contributed by atoms with Crippen LogP contribution < -0.4 is 5.32 Å². The molecule has 0 unspecified atom stereocenters. The molecule has 2 aromatic heterocycles. The lowest BCUT2D eigenvalue weighted by Gasteiger charge is -2.10. The van der Waals surface area contributed by atoms with E-state index in [2.05, 4.69) is 52.0 Å². The average molecular weight is 469 g/mol. The third-order valence-corrected chi connectivity index (χ3v) is 5.42. The minimum absolute atomic E-state index is 0.446. The van der Waals surface area contributed by atoms with Crippen LogP contribution in [0.3, 0.4) is 0 Å². The number of halogens is 1. The van der Waals surface area contributed by atoms with Gasteiger partial charge in [0, 0.05) is 30.5 Å². The van der Waals surface area contributed by atoms with Crippen LogP contribution in [0, 0.1) is 0 Å². The van der Waals surface area contributed by atoms with Crippen LogP contribution in [-0.4, -0.2) is 33.8 Å². The second-order valence-electron chi connectivity index (χ2n) is 7.10. The molecule has 0 fully saturated rings. The maximum Gasteiger partial charge on any atom is 0.133 e. The fourth-order valence-electron chi connectivity index (χ4n) is 3.34. The van der Waals surface area contributed by atoms with E-state index in [1.165, 1.54) is 0 Å². The molecular formula is C26H33ClN4O2. The number of fused-ring (bicyclic) bond motifs is 1. The highest BCUT2D eigenvalue weighted by molar-refractivity contribution is 6.30. The van der Waals surface area contributed by atoms with Crippen LogP contribution >= 0.6 is 11.6 Å². The summed E-state index contributed by atoms with van der Waals surface area (Å²) in [6.45, 7) is 6.72. The number of aliphatic hydroxyl groups excluding tert-OH is 1. The molecule has 7 heteroatoms. The number of anilines is 1. The number of nitrogens with zero attached hydrogens (tertiary/aromatic N) is 2. The highest BCUT2D eigenvalue weighted by atomic mass is 35.5. The molecule has 0 radical (unpaired) electrons. The molecule has 3 rings (SSSR count). The van der Waals surface area contributed by atoms with Crippen molar-refractivity contribution in [2.24, 2.45) is 0 Å². The van der Waals surface area contributed by atoms with Gasteiger partial charge in [-0.15, -0.1) is 0 Å². The van der Waals surface area contributed by atoms with Crippen molar-refractivity contribution in [2.75, 3.05) is 19.0 Å². The molecule has 0 spiro atoms. The van der Waals surface area contributed by atoms with Crippen molar-refractivity contribution in [3.63, 3.8) is 0 Å². The lowest BCUT2D eigenvalue weighted by molar-refractivity contribution is 0.143. The molecule has 2 heterocycles. The summed E-state index contributed by atoms with van der Waals surface area (Å²) in [6, 6.07) is 4.01. The van der Waals surface area contributed by atoms with Crippen molar-refractivity contribution in [1.29, 1.82) is 0 Å². The molecule has 0 atom stereocenters. The number of hydrogen-bond donors (Lipinski definition) is 3. The van der Waals surface area contributed by atoms with Crippen LogP contribution in [0.1, 0.15) is 42.5 Å². The van der Waals surface area contributed by atoms with Crippen LogP contribution in [0.5, 0.6) is 0 Å². The fraction of sp³-hybridized carbons (Fsp3) is 0.308. The maximum atomic E-state index is 7.00. The number of ether oxygens (including phenoxy) is 1. The molecule has 3 N–H and O–H groups in total. The van der Waals surface area contributed by atoms with Crippen molar-refractivity contribution >= 4 is 23.5 Å². The third kappa shape index (κ3) is 8.50. The van der Waals surface area contributed by atoms with E-state index in [4.69, 9.17) is 21.4 Å². The first-order chi connectivity index (χ1) is 16.2. The van der Waals surface area contributed by atoms with Gasteiger partial charge in [0.25, 0.3) is 0 Å². The van der Waals surface area contributed by atoms with Crippen molar-refractivity contribution in [3.8, 4) is 0 Å². The predicted molar refractivity (Wildman–Crippen MR) is 137 cm³/mol. The second-order valence-corrected chi connectivity index (χ2v) is 7.56. The summed E-state index contributed by atoms with van der Waals surface area (Å²) in [5, 5.41) is 11.0. The van der Waals surface area contributed by atoms with Crippen molar-refractivity contribution in [3.05, 3.63) is 94.9 Å². The molecule has 0 amide bonds. The number of nitrogens with one attached hydrogen (secondary N) is 2. The molecule has 2 aromatic rings. The third-order valence-electron chi connectivity index (χ3n) is 4.91. The lowest BCUT2D eigenvalue weighted by atomic mass is 10.0. The van der Waals surface area contributed by atoms with Gasteiger partial charge in [-0.1, -0.05) is 61.6 Å². The number of pyridine rings is 1. The first-order valence-corrected chi connectivity index (χ1v) is 11.4. The minimum atomic E-state index is 0.446. The van der Waals surface area contributed by atoms with Gasteiger partial charge in [-0.2, -0.15) is 0 Å². The molecule has 0 aliphatic heterocycles. The van der Waals surface area contributed by atoms with Crippen molar-refractivity contribution < 1.29 is 9.84 Å². The summed E-state index contributed by atoms with van der Waals surface area (Å²) in [7, 11) is 1.00. The van der Waals surface area contributed by atoms with Crippen LogP contribution in [0.25, 0.3) is 6.08 Å². The topological polar surface area (TPSA) is 83.1 Å². The number of aromatic amines is 1. The van der Waals surface area contributed by atoms with Crippen LogP contribution in [-0.2, 0) is 24.2 Å². The van der Waals surface area contributed by atoms with Gasteiger partial charge in [-0.25, -0.2) is 9.97 Å². The Hall–Kier alpha value is -2.93. The van der Waals surface area contributed by atoms with Gasteiger partial charge < -0.3 is 20.1 Å². The molecule has 33 heavy (non-hydrogen) atoms. The minimum Gasteiger partial charge on any atom is -0.400 e. The predicted octanol–water partition coefficient (Wildman–Crippen LogP) is 5.70. The summed E-state index contributed by atoms with van der Waals surface area (Å²) in [5.41, 5.74) is 4.36. The number of rotatable bonds is 11. The first kappa shape index (κ1) is 26.3. The van der Waals surface area contributed by atoms with Crippen LogP contribution in [0.4, 0.5) is 5.82 Å². The van der Waals surface area contributed by atoms with E-state index in [9.17, 15) is 0 Å². The SMILES string of the molecule is C=CNc1ncccc1CCC(/C=C\COCc1nc2c([nH]1)CC=CC=C2)=C(\Cl)CC.CO. The highest BCUT2D eigenvalue weighted by Gasteiger charge is 2.08. The number of imidazole rings is 1. The normalized spacial score (nSPS) is 13.1. The fourth-order valence-corrected chi connectivity index (χ4v) is 3.50. The van der Waals surface area contributed by atoms with E-state index in [1.54, 1.807) is 12.4 Å². The largest absolute Gasteiger partial charge is 0.400 e. The van der Waals surface area contributed by atoms with Crippen molar-refractivity contribution in [2.45, 2.75) is 39.2 Å². The molecule has 0 saturated heterocycles. The van der Waals surface area contributed by atoms with Gasteiger partial charge in [0.2, 0.25) is 0 Å². The first-order valence-electron chi connectivity index (χ1n) is 11.0. The Morgan fingerprint density at radius 1 is 1.36 bits per heavy atom. The molecule has 1 aliphatic carbocycles. The van der Waals surface area contributed by atoms with Gasteiger partial charge in [0.15, 0.2) is 0 Å². The van der Waals surface area contributed by atoms with Crippen molar-refractivity contribution in [1.82, 2.24) is 15.0 Å². The Labute approximate surface area is 201 Å². The average Bonchev–Trinajstić information content (AvgIpc) is 3.11. The van der Waals surface area contributed by atoms with E-state index in [1.807, 2.05) is 30.4 Å². The Morgan fingerprint density at radius 3 is 3.00 bits per heavy atom. The smallest absolute Gasteiger partial charge is 0.133 e. The van der Waals surface area contributed by atoms with Gasteiger partial charge in [0.05, 0.1) is 12.3 Å². The second kappa shape index (κ2) is 15.0. The summed E-state index contributed by atoms with van der Waals surface area (Å²) in [5.74, 6) is 1.68. The zero-order chi connectivity index (χ0) is 23.9. The summed E-state index contributed by atoms with van der Waals surface area (Å²) in [6.07, 6.45) is 19.0. The number of hydrogen-bond acceptors (Lipinski definition) is 5. The van der Waals surface area contributed by atoms with E-state index < -0.39 is 0 Å².